The first kappa shape index (κ1) is 18.7. The summed E-state index contributed by atoms with van der Waals surface area (Å²) in [6.07, 6.45) is 0. The molecule has 0 unspecified atom stereocenters. The van der Waals surface area contributed by atoms with Gasteiger partial charge in [0.05, 0.1) is 10.6 Å². The molecule has 0 saturated carbocycles. The molecule has 1 heterocycles. The lowest BCUT2D eigenvalue weighted by atomic mass is 10.1. The highest BCUT2D eigenvalue weighted by Gasteiger charge is 2.30. The molecular weight excluding hydrogens is 351 g/mol. The van der Waals surface area contributed by atoms with E-state index in [2.05, 4.69) is 5.32 Å². The number of hydrogen-bond acceptors (Lipinski definition) is 3. The quantitative estimate of drug-likeness (QED) is 0.883. The number of benzene rings is 2. The first-order valence-electron chi connectivity index (χ1n) is 7.49. The molecule has 0 spiro atoms. The smallest absolute Gasteiger partial charge is 0.264 e. The standard InChI is InChI=1S/C17H19FN2O2S.ClH/c1-12-9-15(18)10-13(2)17(12)23(21,22)20-8-7-19-11-14-5-3-4-6-16(14)20;/h3-6,9-10,19H,7-8,11H2,1-2H3;1H. The summed E-state index contributed by atoms with van der Waals surface area (Å²) in [5, 5.41) is 3.23. The number of hydrogen-bond donors (Lipinski definition) is 1. The Morgan fingerprint density at radius 1 is 1.12 bits per heavy atom. The summed E-state index contributed by atoms with van der Waals surface area (Å²) >= 11 is 0. The molecule has 2 aromatic carbocycles. The second kappa shape index (κ2) is 7.09. The van der Waals surface area contributed by atoms with Crippen molar-refractivity contribution in [3.8, 4) is 0 Å². The van der Waals surface area contributed by atoms with Crippen LogP contribution in [0.25, 0.3) is 0 Å². The molecule has 7 heteroatoms. The van der Waals surface area contributed by atoms with Crippen molar-refractivity contribution in [3.63, 3.8) is 0 Å². The second-order valence-electron chi connectivity index (χ2n) is 5.75. The second-order valence-corrected chi connectivity index (χ2v) is 7.55. The topological polar surface area (TPSA) is 49.4 Å². The largest absolute Gasteiger partial charge is 0.311 e. The molecule has 3 rings (SSSR count). The summed E-state index contributed by atoms with van der Waals surface area (Å²) in [5.74, 6) is -0.420. The van der Waals surface area contributed by atoms with Crippen LogP contribution in [0.5, 0.6) is 0 Å². The molecule has 0 atom stereocenters. The Morgan fingerprint density at radius 3 is 2.42 bits per heavy atom. The van der Waals surface area contributed by atoms with Gasteiger partial charge in [-0.3, -0.25) is 4.31 Å². The van der Waals surface area contributed by atoms with Crippen molar-refractivity contribution in [2.24, 2.45) is 0 Å². The molecule has 4 nitrogen and oxygen atoms in total. The van der Waals surface area contributed by atoms with Crippen LogP contribution < -0.4 is 9.62 Å². The van der Waals surface area contributed by atoms with Crippen molar-refractivity contribution in [1.82, 2.24) is 5.32 Å². The lowest BCUT2D eigenvalue weighted by Gasteiger charge is -2.26. The Hall–Kier alpha value is -1.63. The van der Waals surface area contributed by atoms with Crippen molar-refractivity contribution in [2.75, 3.05) is 17.4 Å². The molecule has 1 aliphatic heterocycles. The summed E-state index contributed by atoms with van der Waals surface area (Å²) in [4.78, 5) is 0.190. The van der Waals surface area contributed by atoms with Gasteiger partial charge in [0, 0.05) is 19.6 Å². The lowest BCUT2D eigenvalue weighted by molar-refractivity contribution is 0.586. The SMILES string of the molecule is Cc1cc(F)cc(C)c1S(=O)(=O)N1CCNCc2ccccc21.Cl. The minimum atomic E-state index is -3.75. The zero-order valence-corrected chi connectivity index (χ0v) is 15.2. The van der Waals surface area contributed by atoms with Crippen LogP contribution in [0.1, 0.15) is 16.7 Å². The predicted molar refractivity (Wildman–Crippen MR) is 95.8 cm³/mol. The monoisotopic (exact) mass is 370 g/mol. The fourth-order valence-electron chi connectivity index (χ4n) is 3.09. The molecule has 2 aromatic rings. The van der Waals surface area contributed by atoms with E-state index in [4.69, 9.17) is 0 Å². The van der Waals surface area contributed by atoms with Crippen LogP contribution in [-0.4, -0.2) is 21.5 Å². The van der Waals surface area contributed by atoms with E-state index in [1.807, 2.05) is 24.3 Å². The summed E-state index contributed by atoms with van der Waals surface area (Å²) in [5.41, 5.74) is 2.47. The third-order valence-corrected chi connectivity index (χ3v) is 6.16. The first-order chi connectivity index (χ1) is 10.9. The highest BCUT2D eigenvalue weighted by Crippen LogP contribution is 2.31. The van der Waals surface area contributed by atoms with Gasteiger partial charge in [-0.15, -0.1) is 12.4 Å². The normalized spacial score (nSPS) is 14.5. The minimum Gasteiger partial charge on any atom is -0.311 e. The fraction of sp³-hybridized carbons (Fsp3) is 0.294. The van der Waals surface area contributed by atoms with E-state index < -0.39 is 15.8 Å². The van der Waals surface area contributed by atoms with Crippen LogP contribution in [0, 0.1) is 19.7 Å². The molecule has 1 aliphatic rings. The molecule has 0 bridgehead atoms. The molecule has 0 aliphatic carbocycles. The number of halogens is 2. The van der Waals surface area contributed by atoms with Crippen LogP contribution in [-0.2, 0) is 16.6 Å². The van der Waals surface area contributed by atoms with Gasteiger partial charge >= 0.3 is 0 Å². The maximum Gasteiger partial charge on any atom is 0.264 e. The highest BCUT2D eigenvalue weighted by atomic mass is 35.5. The molecule has 0 amide bonds. The van der Waals surface area contributed by atoms with Gasteiger partial charge in [0.2, 0.25) is 0 Å². The van der Waals surface area contributed by atoms with Crippen molar-refractivity contribution in [2.45, 2.75) is 25.3 Å². The third-order valence-electron chi connectivity index (χ3n) is 4.04. The number of aryl methyl sites for hydroxylation is 2. The van der Waals surface area contributed by atoms with Crippen molar-refractivity contribution < 1.29 is 12.8 Å². The van der Waals surface area contributed by atoms with Gasteiger partial charge in [-0.05, 0) is 48.7 Å². The number of fused-ring (bicyclic) bond motifs is 1. The average molecular weight is 371 g/mol. The van der Waals surface area contributed by atoms with E-state index in [0.29, 0.717) is 36.4 Å². The Morgan fingerprint density at radius 2 is 1.75 bits per heavy atom. The number of rotatable bonds is 2. The number of anilines is 1. The third kappa shape index (κ3) is 3.27. The van der Waals surface area contributed by atoms with Gasteiger partial charge in [0.25, 0.3) is 10.0 Å². The van der Waals surface area contributed by atoms with Crippen LogP contribution in [0.2, 0.25) is 0 Å². The fourth-order valence-corrected chi connectivity index (χ4v) is 5.01. The van der Waals surface area contributed by atoms with Crippen LogP contribution in [0.3, 0.4) is 0 Å². The lowest BCUT2D eigenvalue weighted by Crippen LogP contribution is -2.35. The average Bonchev–Trinajstić information content (AvgIpc) is 2.68. The number of nitrogens with one attached hydrogen (secondary N) is 1. The van der Waals surface area contributed by atoms with Gasteiger partial charge in [0.15, 0.2) is 0 Å². The molecule has 24 heavy (non-hydrogen) atoms. The van der Waals surface area contributed by atoms with Crippen molar-refractivity contribution in [1.29, 1.82) is 0 Å². The molecule has 1 N–H and O–H groups in total. The maximum atomic E-state index is 13.5. The molecule has 130 valence electrons. The predicted octanol–water partition coefficient (Wildman–Crippen LogP) is 3.16. The Kier molecular flexibility index (Phi) is 5.52. The van der Waals surface area contributed by atoms with Crippen LogP contribution >= 0.6 is 12.4 Å². The van der Waals surface area contributed by atoms with Crippen LogP contribution in [0.15, 0.2) is 41.3 Å². The molecule has 0 radical (unpaired) electrons. The van der Waals surface area contributed by atoms with E-state index in [1.54, 1.807) is 13.8 Å². The van der Waals surface area contributed by atoms with Crippen LogP contribution in [0.4, 0.5) is 10.1 Å². The van der Waals surface area contributed by atoms with E-state index in [1.165, 1.54) is 16.4 Å². The highest BCUT2D eigenvalue weighted by molar-refractivity contribution is 7.93. The summed E-state index contributed by atoms with van der Waals surface area (Å²) < 4.78 is 41.4. The van der Waals surface area contributed by atoms with E-state index in [0.717, 1.165) is 5.56 Å². The molecule has 0 fully saturated rings. The zero-order valence-electron chi connectivity index (χ0n) is 13.5. The van der Waals surface area contributed by atoms with E-state index >= 15 is 0 Å². The van der Waals surface area contributed by atoms with Gasteiger partial charge in [-0.1, -0.05) is 18.2 Å². The Bertz CT molecular complexity index is 832. The molecule has 0 aromatic heterocycles. The first-order valence-corrected chi connectivity index (χ1v) is 8.93. The van der Waals surface area contributed by atoms with Gasteiger partial charge < -0.3 is 5.32 Å². The van der Waals surface area contributed by atoms with Crippen molar-refractivity contribution >= 4 is 28.1 Å². The van der Waals surface area contributed by atoms with E-state index in [9.17, 15) is 12.8 Å². The van der Waals surface area contributed by atoms with E-state index in [-0.39, 0.29) is 17.3 Å². The summed E-state index contributed by atoms with van der Waals surface area (Å²) in [6.45, 7) is 4.79. The number of sulfonamides is 1. The van der Waals surface area contributed by atoms with Gasteiger partial charge in [-0.25, -0.2) is 12.8 Å². The number of para-hydroxylation sites is 1. The summed E-state index contributed by atoms with van der Waals surface area (Å²) in [6, 6.07) is 9.99. The van der Waals surface area contributed by atoms with Crippen molar-refractivity contribution in [3.05, 3.63) is 58.9 Å². The van der Waals surface area contributed by atoms with Gasteiger partial charge in [0.1, 0.15) is 5.82 Å². The Balaban J connectivity index is 0.00000208. The summed E-state index contributed by atoms with van der Waals surface area (Å²) in [7, 11) is -3.75. The zero-order chi connectivity index (χ0) is 16.6. The maximum absolute atomic E-state index is 13.5. The Labute approximate surface area is 148 Å². The number of nitrogens with zero attached hydrogens (tertiary/aromatic N) is 1. The molecule has 0 saturated heterocycles. The molecular formula is C17H20ClFN2O2S. The minimum absolute atomic E-state index is 0. The van der Waals surface area contributed by atoms with Gasteiger partial charge in [-0.2, -0.15) is 0 Å².